The van der Waals surface area contributed by atoms with Crippen molar-refractivity contribution in [3.8, 4) is 0 Å². The van der Waals surface area contributed by atoms with E-state index in [4.69, 9.17) is 0 Å². The van der Waals surface area contributed by atoms with Crippen LogP contribution < -0.4 is 5.11 Å². The fourth-order valence-electron chi connectivity index (χ4n) is 2.72. The summed E-state index contributed by atoms with van der Waals surface area (Å²) in [5.74, 6) is -1.83. The van der Waals surface area contributed by atoms with E-state index in [1.54, 1.807) is 21.1 Å². The van der Waals surface area contributed by atoms with Crippen molar-refractivity contribution in [1.82, 2.24) is 0 Å². The zero-order valence-corrected chi connectivity index (χ0v) is 14.7. The highest BCUT2D eigenvalue weighted by Gasteiger charge is 2.40. The number of aldehydes is 1. The highest BCUT2D eigenvalue weighted by Crippen LogP contribution is 2.19. The highest BCUT2D eigenvalue weighted by atomic mass is 16.4. The molecule has 0 rings (SSSR count). The van der Waals surface area contributed by atoms with Crippen LogP contribution in [-0.2, 0) is 14.4 Å². The molecule has 6 nitrogen and oxygen atoms in total. The first-order valence-corrected chi connectivity index (χ1v) is 8.30. The number of hydrogen-bond acceptors (Lipinski definition) is 5. The van der Waals surface area contributed by atoms with Crippen LogP contribution in [0.25, 0.3) is 0 Å². The fourth-order valence-corrected chi connectivity index (χ4v) is 2.72. The van der Waals surface area contributed by atoms with Gasteiger partial charge in [-0.05, 0) is 12.8 Å². The lowest BCUT2D eigenvalue weighted by Gasteiger charge is -2.34. The molecule has 0 heterocycles. The van der Waals surface area contributed by atoms with Gasteiger partial charge in [-0.15, -0.1) is 0 Å². The van der Waals surface area contributed by atoms with Crippen molar-refractivity contribution in [1.29, 1.82) is 0 Å². The van der Waals surface area contributed by atoms with Gasteiger partial charge in [0.15, 0.2) is 11.4 Å². The number of carbonyl (C=O) groups excluding carboxylic acids is 3. The van der Waals surface area contributed by atoms with Gasteiger partial charge in [0.1, 0.15) is 12.8 Å². The first-order chi connectivity index (χ1) is 10.6. The Kier molecular flexibility index (Phi) is 9.91. The van der Waals surface area contributed by atoms with Crippen molar-refractivity contribution >= 4 is 18.0 Å². The molecule has 0 bridgehead atoms. The molecule has 0 amide bonds. The fraction of sp³-hybridized carbons (Fsp3) is 0.824. The molecule has 0 spiro atoms. The van der Waals surface area contributed by atoms with Gasteiger partial charge in [0.25, 0.3) is 0 Å². The molecule has 0 aromatic rings. The summed E-state index contributed by atoms with van der Waals surface area (Å²) in [6, 6.07) is 0. The van der Waals surface area contributed by atoms with Gasteiger partial charge in [0.05, 0.1) is 21.1 Å². The van der Waals surface area contributed by atoms with Gasteiger partial charge >= 0.3 is 0 Å². The standard InChI is InChI=1S/C17H31NO5/c1-18(2,3)14-17(23,13-16(21)22)15(20)11-9-7-5-4-6-8-10-12-19/h12,23H,4-11,13-14H2,1-3H3. The summed E-state index contributed by atoms with van der Waals surface area (Å²) in [4.78, 5) is 33.3. The van der Waals surface area contributed by atoms with Gasteiger partial charge in [0, 0.05) is 25.2 Å². The number of rotatable bonds is 14. The van der Waals surface area contributed by atoms with Crippen molar-refractivity contribution in [2.75, 3.05) is 27.7 Å². The molecule has 6 heteroatoms. The Morgan fingerprint density at radius 2 is 1.57 bits per heavy atom. The highest BCUT2D eigenvalue weighted by molar-refractivity contribution is 5.90. The number of likely N-dealkylation sites (N-methyl/N-ethyl adjacent to an activating group) is 1. The molecule has 134 valence electrons. The number of ketones is 1. The topological polar surface area (TPSA) is 94.5 Å². The molecule has 0 radical (unpaired) electrons. The number of carboxylic acids is 1. The summed E-state index contributed by atoms with van der Waals surface area (Å²) in [6.07, 6.45) is 6.43. The predicted octanol–water partition coefficient (Wildman–Crippen LogP) is 0.452. The minimum Gasteiger partial charge on any atom is -0.550 e. The van der Waals surface area contributed by atoms with Crippen LogP contribution >= 0.6 is 0 Å². The average molecular weight is 329 g/mol. The van der Waals surface area contributed by atoms with Crippen LogP contribution in [0.3, 0.4) is 0 Å². The van der Waals surface area contributed by atoms with Gasteiger partial charge < -0.3 is 24.3 Å². The third-order valence-corrected chi connectivity index (χ3v) is 3.67. The number of nitrogens with zero attached hydrogens (tertiary/aromatic N) is 1. The van der Waals surface area contributed by atoms with Crippen molar-refractivity contribution in [3.05, 3.63) is 0 Å². The first kappa shape index (κ1) is 21.7. The molecule has 23 heavy (non-hydrogen) atoms. The molecule has 0 aromatic heterocycles. The van der Waals surface area contributed by atoms with Crippen LogP contribution in [-0.4, -0.2) is 60.9 Å². The molecule has 0 fully saturated rings. The van der Waals surface area contributed by atoms with Gasteiger partial charge in [-0.3, -0.25) is 4.79 Å². The first-order valence-electron chi connectivity index (χ1n) is 8.30. The van der Waals surface area contributed by atoms with Gasteiger partial charge in [-0.1, -0.05) is 25.7 Å². The molecule has 0 saturated carbocycles. The van der Waals surface area contributed by atoms with Gasteiger partial charge in [-0.2, -0.15) is 0 Å². The SMILES string of the molecule is C[N+](C)(C)CC(O)(CC(=O)[O-])C(=O)CCCCCCCCC=O. The number of unbranched alkanes of at least 4 members (excludes halogenated alkanes) is 6. The molecule has 1 unspecified atom stereocenters. The van der Waals surface area contributed by atoms with Crippen molar-refractivity contribution < 1.29 is 29.1 Å². The molecule has 0 aliphatic rings. The number of aliphatic carboxylic acids is 1. The van der Waals surface area contributed by atoms with Crippen LogP contribution in [0.15, 0.2) is 0 Å². The Labute approximate surface area is 139 Å². The van der Waals surface area contributed by atoms with Gasteiger partial charge in [-0.25, -0.2) is 0 Å². The second kappa shape index (κ2) is 10.5. The summed E-state index contributed by atoms with van der Waals surface area (Å²) in [7, 11) is 5.40. The lowest BCUT2D eigenvalue weighted by molar-refractivity contribution is -0.875. The second-order valence-electron chi connectivity index (χ2n) is 7.28. The molecule has 0 aromatic carbocycles. The number of carbonyl (C=O) groups is 3. The third kappa shape index (κ3) is 11.0. The van der Waals surface area contributed by atoms with E-state index in [-0.39, 0.29) is 13.0 Å². The lowest BCUT2D eigenvalue weighted by atomic mass is 9.89. The summed E-state index contributed by atoms with van der Waals surface area (Å²) in [6.45, 7) is 0.0471. The Morgan fingerprint density at radius 1 is 1.04 bits per heavy atom. The van der Waals surface area contributed by atoms with E-state index in [0.717, 1.165) is 38.4 Å². The smallest absolute Gasteiger partial charge is 0.177 e. The number of aliphatic hydroxyl groups is 1. The summed E-state index contributed by atoms with van der Waals surface area (Å²) in [5.41, 5.74) is -1.86. The van der Waals surface area contributed by atoms with Crippen LogP contribution in [0.2, 0.25) is 0 Å². The number of carboxylic acid groups (broad SMARTS) is 1. The molecular weight excluding hydrogens is 298 g/mol. The summed E-state index contributed by atoms with van der Waals surface area (Å²) >= 11 is 0. The summed E-state index contributed by atoms with van der Waals surface area (Å²) < 4.78 is 0.298. The zero-order valence-electron chi connectivity index (χ0n) is 14.7. The lowest BCUT2D eigenvalue weighted by Crippen LogP contribution is -2.56. The third-order valence-electron chi connectivity index (χ3n) is 3.67. The van der Waals surface area contributed by atoms with Crippen molar-refractivity contribution in [2.24, 2.45) is 0 Å². The molecule has 1 atom stereocenters. The largest absolute Gasteiger partial charge is 0.550 e. The molecule has 1 N–H and O–H groups in total. The number of quaternary nitrogens is 1. The maximum atomic E-state index is 12.3. The maximum absolute atomic E-state index is 12.3. The van der Waals surface area contributed by atoms with E-state index in [1.165, 1.54) is 0 Å². The Balaban J connectivity index is 4.24. The number of Topliss-reactive ketones (excluding diaryl/α,β-unsaturated/α-hetero) is 1. The van der Waals surface area contributed by atoms with E-state index >= 15 is 0 Å². The van der Waals surface area contributed by atoms with E-state index in [2.05, 4.69) is 0 Å². The normalized spacial score (nSPS) is 14.3. The molecule has 0 aliphatic carbocycles. The predicted molar refractivity (Wildman–Crippen MR) is 85.5 cm³/mol. The van der Waals surface area contributed by atoms with Gasteiger partial charge in [0.2, 0.25) is 0 Å². The molecular formula is C17H31NO5. The maximum Gasteiger partial charge on any atom is 0.177 e. The Morgan fingerprint density at radius 3 is 2.04 bits per heavy atom. The monoisotopic (exact) mass is 329 g/mol. The van der Waals surface area contributed by atoms with Crippen molar-refractivity contribution in [3.63, 3.8) is 0 Å². The quantitative estimate of drug-likeness (QED) is 0.284. The minimum absolute atomic E-state index is 0.0471. The Bertz CT molecular complexity index is 389. The van der Waals surface area contributed by atoms with E-state index in [0.29, 0.717) is 17.3 Å². The minimum atomic E-state index is -1.86. The number of hydrogen-bond donors (Lipinski definition) is 1. The Hall–Kier alpha value is -1.27. The van der Waals surface area contributed by atoms with Crippen LogP contribution in [0.5, 0.6) is 0 Å². The molecule has 0 saturated heterocycles. The zero-order chi connectivity index (χ0) is 17.9. The van der Waals surface area contributed by atoms with E-state index in [9.17, 15) is 24.6 Å². The average Bonchev–Trinajstić information content (AvgIpc) is 2.38. The van der Waals surface area contributed by atoms with Crippen LogP contribution in [0, 0.1) is 0 Å². The summed E-state index contributed by atoms with van der Waals surface area (Å²) in [5, 5.41) is 21.3. The second-order valence-corrected chi connectivity index (χ2v) is 7.28. The van der Waals surface area contributed by atoms with Crippen LogP contribution in [0.1, 0.15) is 57.8 Å². The van der Waals surface area contributed by atoms with Crippen LogP contribution in [0.4, 0.5) is 0 Å². The van der Waals surface area contributed by atoms with E-state index < -0.39 is 23.8 Å². The van der Waals surface area contributed by atoms with Crippen molar-refractivity contribution in [2.45, 2.75) is 63.4 Å². The van der Waals surface area contributed by atoms with E-state index in [1.807, 2.05) is 0 Å². The molecule has 0 aliphatic heterocycles.